The molecule has 0 radical (unpaired) electrons. The molecule has 5 nitrogen and oxygen atoms in total. The summed E-state index contributed by atoms with van der Waals surface area (Å²) in [5.74, 6) is 0. The Morgan fingerprint density at radius 1 is 1.47 bits per heavy atom. The molecule has 0 spiro atoms. The zero-order valence-electron chi connectivity index (χ0n) is 8.02. The zero-order valence-corrected chi connectivity index (χ0v) is 11.6. The first-order valence-corrected chi connectivity index (χ1v) is 4.92. The number of aryl methyl sites for hydroxylation is 1. The van der Waals surface area contributed by atoms with E-state index in [0.717, 1.165) is 6.07 Å². The van der Waals surface area contributed by atoms with Crippen molar-refractivity contribution < 1.29 is 43.2 Å². The van der Waals surface area contributed by atoms with Crippen molar-refractivity contribution in [3.8, 4) is 0 Å². The summed E-state index contributed by atoms with van der Waals surface area (Å²) in [5.41, 5.74) is 0.0752. The van der Waals surface area contributed by atoms with E-state index in [9.17, 15) is 18.9 Å². The van der Waals surface area contributed by atoms with E-state index in [-0.39, 0.29) is 45.2 Å². The van der Waals surface area contributed by atoms with Crippen LogP contribution in [0.25, 0.3) is 0 Å². The molecule has 1 unspecified atom stereocenters. The number of non-ortho nitro benzene ring substituents is 1. The van der Waals surface area contributed by atoms with Crippen LogP contribution in [0.15, 0.2) is 17.0 Å². The van der Waals surface area contributed by atoms with Crippen LogP contribution < -0.4 is 29.6 Å². The van der Waals surface area contributed by atoms with Crippen molar-refractivity contribution in [2.45, 2.75) is 11.8 Å². The van der Waals surface area contributed by atoms with Crippen LogP contribution in [-0.2, 0) is 11.1 Å². The molecule has 0 aliphatic rings. The molecule has 76 valence electrons. The van der Waals surface area contributed by atoms with E-state index < -0.39 is 16.0 Å². The minimum Gasteiger partial charge on any atom is -0.768 e. The second kappa shape index (κ2) is 5.93. The second-order valence-corrected chi connectivity index (χ2v) is 3.85. The summed E-state index contributed by atoms with van der Waals surface area (Å²) in [6.07, 6.45) is 0. The number of rotatable bonds is 2. The third-order valence-electron chi connectivity index (χ3n) is 1.60. The minimum absolute atomic E-state index is 0. The molecule has 0 amide bonds. The van der Waals surface area contributed by atoms with Crippen molar-refractivity contribution in [3.05, 3.63) is 32.8 Å². The maximum Gasteiger partial charge on any atom is 1.00 e. The van der Waals surface area contributed by atoms with Gasteiger partial charge in [0.25, 0.3) is 5.69 Å². The normalized spacial score (nSPS) is 11.7. The number of nitrogens with zero attached hydrogens (tertiary/aromatic N) is 1. The first-order chi connectivity index (χ1) is 6.43. The fraction of sp³-hybridized carbons (Fsp3) is 0.143. The fourth-order valence-electron chi connectivity index (χ4n) is 0.946. The van der Waals surface area contributed by atoms with E-state index in [4.69, 9.17) is 11.6 Å². The molecule has 1 rings (SSSR count). The Morgan fingerprint density at radius 2 is 2.00 bits per heavy atom. The van der Waals surface area contributed by atoms with Crippen molar-refractivity contribution in [2.75, 3.05) is 0 Å². The quantitative estimate of drug-likeness (QED) is 0.288. The van der Waals surface area contributed by atoms with Crippen LogP contribution in [-0.4, -0.2) is 13.7 Å². The Kier molecular flexibility index (Phi) is 5.94. The monoisotopic (exact) mass is 257 g/mol. The molecule has 0 aromatic heterocycles. The molecule has 0 heterocycles. The van der Waals surface area contributed by atoms with E-state index in [0.29, 0.717) is 5.56 Å². The van der Waals surface area contributed by atoms with Gasteiger partial charge >= 0.3 is 29.6 Å². The van der Waals surface area contributed by atoms with Crippen LogP contribution in [0.1, 0.15) is 5.56 Å². The molecule has 0 saturated heterocycles. The van der Waals surface area contributed by atoms with Gasteiger partial charge in [0.1, 0.15) is 0 Å². The molecule has 15 heavy (non-hydrogen) atoms. The van der Waals surface area contributed by atoms with Gasteiger partial charge in [-0.2, -0.15) is 0 Å². The Morgan fingerprint density at radius 3 is 2.40 bits per heavy atom. The number of nitro benzene ring substituents is 1. The van der Waals surface area contributed by atoms with Gasteiger partial charge in [-0.15, -0.1) is 0 Å². The Balaban J connectivity index is 0.00000196. The van der Waals surface area contributed by atoms with Crippen LogP contribution in [0.3, 0.4) is 0 Å². The topological polar surface area (TPSA) is 83.3 Å². The second-order valence-electron chi connectivity index (χ2n) is 2.57. The molecule has 1 atom stereocenters. The van der Waals surface area contributed by atoms with E-state index in [1.807, 2.05) is 0 Å². The maximum atomic E-state index is 10.6. The number of benzene rings is 1. The molecule has 0 N–H and O–H groups in total. The van der Waals surface area contributed by atoms with Crippen LogP contribution in [0, 0.1) is 17.0 Å². The van der Waals surface area contributed by atoms with Gasteiger partial charge in [-0.25, -0.2) is 0 Å². The van der Waals surface area contributed by atoms with Crippen molar-refractivity contribution in [3.63, 3.8) is 0 Å². The van der Waals surface area contributed by atoms with Crippen molar-refractivity contribution in [2.24, 2.45) is 0 Å². The Bertz CT molecular complexity index is 426. The average Bonchev–Trinajstić information content (AvgIpc) is 2.08. The van der Waals surface area contributed by atoms with Crippen molar-refractivity contribution in [1.82, 2.24) is 0 Å². The Labute approximate surface area is 116 Å². The van der Waals surface area contributed by atoms with Gasteiger partial charge in [0.15, 0.2) is 0 Å². The molecule has 0 bridgehead atoms. The van der Waals surface area contributed by atoms with Crippen molar-refractivity contribution >= 4 is 28.4 Å². The van der Waals surface area contributed by atoms with E-state index >= 15 is 0 Å². The zero-order chi connectivity index (χ0) is 10.9. The largest absolute Gasteiger partial charge is 1.00 e. The Hall–Kier alpha value is 0.0200. The molecule has 8 heteroatoms. The number of nitro groups is 1. The molecule has 1 aromatic carbocycles. The molecular formula is C7H5ClNNaO4S. The van der Waals surface area contributed by atoms with Gasteiger partial charge in [-0.3, -0.25) is 14.3 Å². The van der Waals surface area contributed by atoms with Gasteiger partial charge in [-0.05, 0) is 23.6 Å². The third kappa shape index (κ3) is 3.51. The minimum atomic E-state index is -2.56. The first-order valence-electron chi connectivity index (χ1n) is 3.47. The summed E-state index contributed by atoms with van der Waals surface area (Å²) in [6, 6.07) is 2.15. The molecule has 1 aromatic rings. The predicted molar refractivity (Wildman–Crippen MR) is 50.0 cm³/mol. The average molecular weight is 258 g/mol. The first kappa shape index (κ1) is 15.0. The summed E-state index contributed by atoms with van der Waals surface area (Å²) in [7, 11) is 0. The van der Waals surface area contributed by atoms with Crippen LogP contribution >= 0.6 is 11.6 Å². The van der Waals surface area contributed by atoms with Gasteiger partial charge in [0, 0.05) is 12.1 Å². The SMILES string of the molecule is Cc1cc([N+](=O)[O-])cc(S(=O)[O-])c1Cl.[Na+]. The van der Waals surface area contributed by atoms with E-state index in [2.05, 4.69) is 0 Å². The third-order valence-corrected chi connectivity index (χ3v) is 2.89. The summed E-state index contributed by atoms with van der Waals surface area (Å²) in [4.78, 5) is 9.48. The van der Waals surface area contributed by atoms with Crippen LogP contribution in [0.4, 0.5) is 5.69 Å². The molecular weight excluding hydrogens is 253 g/mol. The van der Waals surface area contributed by atoms with E-state index in [1.54, 1.807) is 0 Å². The fourth-order valence-corrected chi connectivity index (χ4v) is 1.77. The van der Waals surface area contributed by atoms with Gasteiger partial charge in [0.05, 0.1) is 14.8 Å². The number of hydrogen-bond donors (Lipinski definition) is 0. The maximum absolute atomic E-state index is 10.6. The summed E-state index contributed by atoms with van der Waals surface area (Å²) in [6.45, 7) is 1.51. The van der Waals surface area contributed by atoms with E-state index in [1.165, 1.54) is 13.0 Å². The van der Waals surface area contributed by atoms with Crippen LogP contribution in [0.2, 0.25) is 5.02 Å². The number of hydrogen-bond acceptors (Lipinski definition) is 4. The summed E-state index contributed by atoms with van der Waals surface area (Å²) < 4.78 is 21.3. The van der Waals surface area contributed by atoms with Crippen LogP contribution in [0.5, 0.6) is 0 Å². The molecule has 0 saturated carbocycles. The number of halogens is 1. The standard InChI is InChI=1S/C7H6ClNO4S.Na/c1-4-2-5(9(10)11)3-6(7(4)8)14(12)13;/h2-3H,1H3,(H,12,13);/q;+1/p-1. The van der Waals surface area contributed by atoms with Gasteiger partial charge in [-0.1, -0.05) is 11.6 Å². The van der Waals surface area contributed by atoms with Crippen molar-refractivity contribution in [1.29, 1.82) is 0 Å². The molecule has 0 fully saturated rings. The summed E-state index contributed by atoms with van der Waals surface area (Å²) >= 11 is 3.09. The summed E-state index contributed by atoms with van der Waals surface area (Å²) in [5, 5.41) is 10.4. The van der Waals surface area contributed by atoms with Gasteiger partial charge < -0.3 is 4.55 Å². The van der Waals surface area contributed by atoms with Gasteiger partial charge in [0.2, 0.25) is 0 Å². The smallest absolute Gasteiger partial charge is 0.768 e. The predicted octanol–water partition coefficient (Wildman–Crippen LogP) is -1.20. The molecule has 0 aliphatic heterocycles. The molecule has 0 aliphatic carbocycles.